The second-order valence-electron chi connectivity index (χ2n) is 6.06. The number of hydrogen-bond donors (Lipinski definition) is 2. The van der Waals surface area contributed by atoms with Gasteiger partial charge in [0.1, 0.15) is 6.04 Å². The van der Waals surface area contributed by atoms with Crippen LogP contribution in [0.5, 0.6) is 0 Å². The number of amides is 1. The topological polar surface area (TPSA) is 110 Å². The quantitative estimate of drug-likeness (QED) is 0.819. The molecule has 2 aromatic rings. The Hall–Kier alpha value is -2.77. The van der Waals surface area contributed by atoms with Crippen molar-refractivity contribution in [1.29, 1.82) is 0 Å². The van der Waals surface area contributed by atoms with Crippen molar-refractivity contribution in [1.82, 2.24) is 25.1 Å². The van der Waals surface area contributed by atoms with Gasteiger partial charge in [0.15, 0.2) is 0 Å². The smallest absolute Gasteiger partial charge is 0.326 e. The highest BCUT2D eigenvalue weighted by Crippen LogP contribution is 2.17. The van der Waals surface area contributed by atoms with Gasteiger partial charge in [-0.2, -0.15) is 5.10 Å². The SMILES string of the molecule is CCC(NC(=O)Cc1c(C)nn(-c2nc(C)cc(C)n2)c1C)C(=O)O. The van der Waals surface area contributed by atoms with Crippen LogP contribution in [0.3, 0.4) is 0 Å². The molecule has 2 rings (SSSR count). The van der Waals surface area contributed by atoms with Gasteiger partial charge >= 0.3 is 5.97 Å². The lowest BCUT2D eigenvalue weighted by atomic mass is 10.1. The summed E-state index contributed by atoms with van der Waals surface area (Å²) >= 11 is 0. The minimum atomic E-state index is -1.04. The van der Waals surface area contributed by atoms with Crippen LogP contribution in [0, 0.1) is 27.7 Å². The van der Waals surface area contributed by atoms with E-state index >= 15 is 0 Å². The number of aliphatic carboxylic acids is 1. The number of hydrogen-bond acceptors (Lipinski definition) is 5. The summed E-state index contributed by atoms with van der Waals surface area (Å²) in [6.45, 7) is 9.14. The molecule has 1 amide bonds. The fourth-order valence-electron chi connectivity index (χ4n) is 2.67. The van der Waals surface area contributed by atoms with Crippen molar-refractivity contribution in [2.75, 3.05) is 0 Å². The second-order valence-corrected chi connectivity index (χ2v) is 6.06. The van der Waals surface area contributed by atoms with Crippen molar-refractivity contribution in [3.8, 4) is 5.95 Å². The van der Waals surface area contributed by atoms with Gasteiger partial charge in [-0.1, -0.05) is 6.92 Å². The third-order valence-electron chi connectivity index (χ3n) is 3.98. The zero-order valence-electron chi connectivity index (χ0n) is 15.1. The van der Waals surface area contributed by atoms with E-state index < -0.39 is 12.0 Å². The fourth-order valence-corrected chi connectivity index (χ4v) is 2.67. The van der Waals surface area contributed by atoms with Crippen molar-refractivity contribution in [3.63, 3.8) is 0 Å². The van der Waals surface area contributed by atoms with Crippen LogP contribution in [-0.4, -0.2) is 42.8 Å². The third-order valence-corrected chi connectivity index (χ3v) is 3.98. The molecule has 8 nitrogen and oxygen atoms in total. The maximum Gasteiger partial charge on any atom is 0.326 e. The Balaban J connectivity index is 2.27. The van der Waals surface area contributed by atoms with Crippen LogP contribution in [0.2, 0.25) is 0 Å². The molecule has 2 heterocycles. The second kappa shape index (κ2) is 7.42. The molecule has 134 valence electrons. The molecule has 0 bridgehead atoms. The predicted molar refractivity (Wildman–Crippen MR) is 91.7 cm³/mol. The molecule has 2 N–H and O–H groups in total. The van der Waals surface area contributed by atoms with Gasteiger partial charge in [-0.25, -0.2) is 19.4 Å². The largest absolute Gasteiger partial charge is 0.480 e. The number of carbonyl (C=O) groups is 2. The van der Waals surface area contributed by atoms with E-state index in [0.717, 1.165) is 22.6 Å². The third kappa shape index (κ3) is 4.20. The van der Waals surface area contributed by atoms with Gasteiger partial charge in [0.25, 0.3) is 5.95 Å². The summed E-state index contributed by atoms with van der Waals surface area (Å²) in [7, 11) is 0. The summed E-state index contributed by atoms with van der Waals surface area (Å²) in [6.07, 6.45) is 0.390. The maximum atomic E-state index is 12.2. The maximum absolute atomic E-state index is 12.2. The Bertz CT molecular complexity index is 793. The summed E-state index contributed by atoms with van der Waals surface area (Å²) < 4.78 is 1.62. The molecule has 1 unspecified atom stereocenters. The summed E-state index contributed by atoms with van der Waals surface area (Å²) in [6, 6.07) is 0.992. The molecule has 0 aromatic carbocycles. The summed E-state index contributed by atoms with van der Waals surface area (Å²) in [5, 5.41) is 16.0. The first-order valence-electron chi connectivity index (χ1n) is 8.12. The van der Waals surface area contributed by atoms with Gasteiger partial charge < -0.3 is 10.4 Å². The molecule has 0 saturated carbocycles. The first-order valence-corrected chi connectivity index (χ1v) is 8.12. The van der Waals surface area contributed by atoms with Gasteiger partial charge in [0, 0.05) is 22.6 Å². The molecule has 1 atom stereocenters. The number of rotatable bonds is 6. The molecule has 0 spiro atoms. The lowest BCUT2D eigenvalue weighted by Crippen LogP contribution is -2.41. The molecule has 0 aliphatic carbocycles. The van der Waals surface area contributed by atoms with Crippen LogP contribution in [0.15, 0.2) is 6.07 Å². The number of aryl methyl sites for hydroxylation is 3. The average molecular weight is 345 g/mol. The molecule has 0 aliphatic heterocycles. The van der Waals surface area contributed by atoms with E-state index in [9.17, 15) is 9.59 Å². The highest BCUT2D eigenvalue weighted by atomic mass is 16.4. The van der Waals surface area contributed by atoms with Crippen molar-refractivity contribution in [3.05, 3.63) is 34.4 Å². The zero-order chi connectivity index (χ0) is 18.7. The van der Waals surface area contributed by atoms with E-state index in [1.807, 2.05) is 33.8 Å². The molecule has 0 radical (unpaired) electrons. The Morgan fingerprint density at radius 1 is 1.20 bits per heavy atom. The van der Waals surface area contributed by atoms with Crippen LogP contribution in [0.25, 0.3) is 5.95 Å². The summed E-state index contributed by atoms with van der Waals surface area (Å²) in [5.41, 5.74) is 3.88. The van der Waals surface area contributed by atoms with Crippen LogP contribution in [0.1, 0.15) is 41.7 Å². The minimum absolute atomic E-state index is 0.0618. The molecule has 25 heavy (non-hydrogen) atoms. The molecule has 0 saturated heterocycles. The first-order chi connectivity index (χ1) is 11.7. The number of carboxylic acid groups (broad SMARTS) is 1. The van der Waals surface area contributed by atoms with E-state index in [1.54, 1.807) is 11.6 Å². The Labute approximate surface area is 146 Å². The number of aromatic nitrogens is 4. The highest BCUT2D eigenvalue weighted by Gasteiger charge is 2.21. The predicted octanol–water partition coefficient (Wildman–Crippen LogP) is 1.42. The van der Waals surface area contributed by atoms with Gasteiger partial charge in [0.05, 0.1) is 12.1 Å². The van der Waals surface area contributed by atoms with E-state index in [4.69, 9.17) is 5.11 Å². The van der Waals surface area contributed by atoms with Gasteiger partial charge in [-0.05, 0) is 40.2 Å². The van der Waals surface area contributed by atoms with Crippen molar-refractivity contribution in [2.45, 2.75) is 53.5 Å². The standard InChI is InChI=1S/C17H23N5O3/c1-6-14(16(24)25)20-15(23)8-13-11(4)21-22(12(13)5)17-18-9(2)7-10(3)19-17/h7,14H,6,8H2,1-5H3,(H,20,23)(H,24,25). The van der Waals surface area contributed by atoms with Crippen molar-refractivity contribution in [2.24, 2.45) is 0 Å². The lowest BCUT2D eigenvalue weighted by Gasteiger charge is -2.12. The number of nitrogens with one attached hydrogen (secondary N) is 1. The molecule has 8 heteroatoms. The Morgan fingerprint density at radius 2 is 1.80 bits per heavy atom. The van der Waals surface area contributed by atoms with Gasteiger partial charge in [-0.3, -0.25) is 4.79 Å². The van der Waals surface area contributed by atoms with Gasteiger partial charge in [-0.15, -0.1) is 0 Å². The average Bonchev–Trinajstić information content (AvgIpc) is 2.79. The normalized spacial score (nSPS) is 12.0. The Morgan fingerprint density at radius 3 is 2.32 bits per heavy atom. The van der Waals surface area contributed by atoms with E-state index in [1.165, 1.54) is 0 Å². The molecule has 0 aliphatic rings. The molecular weight excluding hydrogens is 322 g/mol. The monoisotopic (exact) mass is 345 g/mol. The van der Waals surface area contributed by atoms with E-state index in [0.29, 0.717) is 18.1 Å². The lowest BCUT2D eigenvalue weighted by molar-refractivity contribution is -0.141. The zero-order valence-corrected chi connectivity index (χ0v) is 15.1. The number of carbonyl (C=O) groups excluding carboxylic acids is 1. The van der Waals surface area contributed by atoms with E-state index in [-0.39, 0.29) is 12.3 Å². The van der Waals surface area contributed by atoms with Gasteiger partial charge in [0.2, 0.25) is 5.91 Å². The van der Waals surface area contributed by atoms with Crippen LogP contribution in [-0.2, 0) is 16.0 Å². The number of nitrogens with zero attached hydrogens (tertiary/aromatic N) is 4. The minimum Gasteiger partial charge on any atom is -0.480 e. The van der Waals surface area contributed by atoms with E-state index in [2.05, 4.69) is 20.4 Å². The summed E-state index contributed by atoms with van der Waals surface area (Å²) in [5.74, 6) is -0.924. The van der Waals surface area contributed by atoms with Crippen LogP contribution < -0.4 is 5.32 Å². The van der Waals surface area contributed by atoms with Crippen molar-refractivity contribution < 1.29 is 14.7 Å². The fraction of sp³-hybridized carbons (Fsp3) is 0.471. The first kappa shape index (κ1) is 18.6. The molecule has 2 aromatic heterocycles. The molecule has 0 fully saturated rings. The Kier molecular flexibility index (Phi) is 5.51. The number of carboxylic acids is 1. The highest BCUT2D eigenvalue weighted by molar-refractivity contribution is 5.85. The van der Waals surface area contributed by atoms with Crippen molar-refractivity contribution >= 4 is 11.9 Å². The van der Waals surface area contributed by atoms with Crippen LogP contribution >= 0.6 is 0 Å². The van der Waals surface area contributed by atoms with Crippen LogP contribution in [0.4, 0.5) is 0 Å². The molecular formula is C17H23N5O3. The summed E-state index contributed by atoms with van der Waals surface area (Å²) in [4.78, 5) is 32.0.